The van der Waals surface area contributed by atoms with Gasteiger partial charge in [0.1, 0.15) is 0 Å². The number of rotatable bonds is 3. The highest BCUT2D eigenvalue weighted by Gasteiger charge is 2.02. The van der Waals surface area contributed by atoms with Crippen LogP contribution in [0.5, 0.6) is 0 Å². The Balaban J connectivity index is 2.81. The molecule has 0 spiro atoms. The van der Waals surface area contributed by atoms with Gasteiger partial charge in [-0.25, -0.2) is 0 Å². The molecule has 0 aliphatic heterocycles. The van der Waals surface area contributed by atoms with Crippen molar-refractivity contribution < 1.29 is 0 Å². The van der Waals surface area contributed by atoms with Crippen molar-refractivity contribution in [2.75, 3.05) is 17.2 Å². The molecule has 4 heteroatoms. The number of halogens is 3. The topological polar surface area (TPSA) is 12.0 Å². The Morgan fingerprint density at radius 3 is 2.33 bits per heavy atom. The normalized spacial score (nSPS) is 9.92. The quantitative estimate of drug-likeness (QED) is 0.823. The van der Waals surface area contributed by atoms with Crippen LogP contribution in [0.2, 0.25) is 10.0 Å². The number of para-hydroxylation sites is 1. The Hall–Kier alpha value is 0.0800. The van der Waals surface area contributed by atoms with Gasteiger partial charge in [-0.15, -0.1) is 0 Å². The summed E-state index contributed by atoms with van der Waals surface area (Å²) >= 11 is 15.1. The molecule has 0 aliphatic rings. The van der Waals surface area contributed by atoms with E-state index in [1.165, 1.54) is 0 Å². The van der Waals surface area contributed by atoms with Gasteiger partial charge in [-0.3, -0.25) is 0 Å². The first kappa shape index (κ1) is 10.2. The van der Waals surface area contributed by atoms with E-state index in [0.29, 0.717) is 10.0 Å². The zero-order valence-corrected chi connectivity index (χ0v) is 9.38. The number of benzene rings is 1. The largest absolute Gasteiger partial charge is 0.382 e. The molecule has 0 amide bonds. The fraction of sp³-hybridized carbons (Fsp3) is 0.250. The summed E-state index contributed by atoms with van der Waals surface area (Å²) in [6, 6.07) is 5.44. The summed E-state index contributed by atoms with van der Waals surface area (Å²) in [7, 11) is 0. The fourth-order valence-corrected chi connectivity index (χ4v) is 1.57. The first-order chi connectivity index (χ1) is 5.75. The molecule has 0 aromatic heterocycles. The molecule has 66 valence electrons. The number of anilines is 1. The lowest BCUT2D eigenvalue weighted by Gasteiger charge is -2.07. The standard InChI is InChI=1S/C8H8BrCl2N/c9-4-5-12-8-6(10)2-1-3-7(8)11/h1-3,12H,4-5H2. The molecule has 0 fully saturated rings. The van der Waals surface area contributed by atoms with E-state index in [2.05, 4.69) is 21.2 Å². The van der Waals surface area contributed by atoms with Crippen LogP contribution in [-0.4, -0.2) is 11.9 Å². The van der Waals surface area contributed by atoms with Crippen molar-refractivity contribution in [1.82, 2.24) is 0 Å². The minimum Gasteiger partial charge on any atom is -0.382 e. The molecule has 0 aliphatic carbocycles. The van der Waals surface area contributed by atoms with Gasteiger partial charge in [0, 0.05) is 11.9 Å². The number of hydrogen-bond acceptors (Lipinski definition) is 1. The lowest BCUT2D eigenvalue weighted by Crippen LogP contribution is -2.02. The maximum absolute atomic E-state index is 5.90. The van der Waals surface area contributed by atoms with Crippen molar-refractivity contribution in [2.45, 2.75) is 0 Å². The van der Waals surface area contributed by atoms with E-state index >= 15 is 0 Å². The molecule has 1 aromatic rings. The third-order valence-corrected chi connectivity index (χ3v) is 2.39. The second-order valence-corrected chi connectivity index (χ2v) is 3.82. The molecule has 12 heavy (non-hydrogen) atoms. The van der Waals surface area contributed by atoms with Gasteiger partial charge in [-0.1, -0.05) is 45.2 Å². The van der Waals surface area contributed by atoms with E-state index in [4.69, 9.17) is 23.2 Å². The van der Waals surface area contributed by atoms with Crippen LogP contribution in [0.25, 0.3) is 0 Å². The highest BCUT2D eigenvalue weighted by Crippen LogP contribution is 2.29. The van der Waals surface area contributed by atoms with Gasteiger partial charge in [0.2, 0.25) is 0 Å². The predicted molar refractivity (Wildman–Crippen MR) is 58.7 cm³/mol. The van der Waals surface area contributed by atoms with Crippen LogP contribution in [0.1, 0.15) is 0 Å². The first-order valence-corrected chi connectivity index (χ1v) is 5.37. The third-order valence-electron chi connectivity index (χ3n) is 1.36. The summed E-state index contributed by atoms with van der Waals surface area (Å²) in [5.41, 5.74) is 0.806. The van der Waals surface area contributed by atoms with Gasteiger partial charge in [0.15, 0.2) is 0 Å². The molecule has 0 atom stereocenters. The molecule has 1 nitrogen and oxygen atoms in total. The molecule has 1 N–H and O–H groups in total. The lowest BCUT2D eigenvalue weighted by atomic mass is 10.3. The third kappa shape index (κ3) is 2.54. The molecular formula is C8H8BrCl2N. The molecule has 0 heterocycles. The van der Waals surface area contributed by atoms with E-state index in [9.17, 15) is 0 Å². The van der Waals surface area contributed by atoms with Crippen LogP contribution in [0.4, 0.5) is 5.69 Å². The molecule has 1 aromatic carbocycles. The summed E-state index contributed by atoms with van der Waals surface area (Å²) in [4.78, 5) is 0. The van der Waals surface area contributed by atoms with E-state index in [-0.39, 0.29) is 0 Å². The van der Waals surface area contributed by atoms with Crippen molar-refractivity contribution in [3.05, 3.63) is 28.2 Å². The first-order valence-electron chi connectivity index (χ1n) is 3.49. The minimum atomic E-state index is 0.656. The van der Waals surface area contributed by atoms with Gasteiger partial charge < -0.3 is 5.32 Å². The second-order valence-electron chi connectivity index (χ2n) is 2.21. The van der Waals surface area contributed by atoms with Gasteiger partial charge >= 0.3 is 0 Å². The van der Waals surface area contributed by atoms with Crippen molar-refractivity contribution in [1.29, 1.82) is 0 Å². The lowest BCUT2D eigenvalue weighted by molar-refractivity contribution is 1.24. The maximum atomic E-state index is 5.90. The Kier molecular flexibility index (Phi) is 4.19. The van der Waals surface area contributed by atoms with E-state index < -0.39 is 0 Å². The van der Waals surface area contributed by atoms with Crippen molar-refractivity contribution in [3.63, 3.8) is 0 Å². The maximum Gasteiger partial charge on any atom is 0.0719 e. The van der Waals surface area contributed by atoms with E-state index in [1.807, 2.05) is 18.2 Å². The fourth-order valence-electron chi connectivity index (χ4n) is 0.839. The smallest absolute Gasteiger partial charge is 0.0719 e. The Bertz CT molecular complexity index is 245. The molecule has 0 unspecified atom stereocenters. The summed E-state index contributed by atoms with van der Waals surface area (Å²) < 4.78 is 0. The van der Waals surface area contributed by atoms with Crippen LogP contribution in [0.15, 0.2) is 18.2 Å². The molecule has 0 saturated heterocycles. The van der Waals surface area contributed by atoms with Crippen LogP contribution in [-0.2, 0) is 0 Å². The van der Waals surface area contributed by atoms with Gasteiger partial charge in [-0.2, -0.15) is 0 Å². The Morgan fingerprint density at radius 2 is 1.83 bits per heavy atom. The molecule has 0 bridgehead atoms. The average molecular weight is 269 g/mol. The minimum absolute atomic E-state index is 0.656. The second kappa shape index (κ2) is 4.95. The predicted octanol–water partition coefficient (Wildman–Crippen LogP) is 3.80. The summed E-state index contributed by atoms with van der Waals surface area (Å²) in [5.74, 6) is 0. The number of hydrogen-bond donors (Lipinski definition) is 1. The van der Waals surface area contributed by atoms with Crippen LogP contribution < -0.4 is 5.32 Å². The van der Waals surface area contributed by atoms with E-state index in [0.717, 1.165) is 17.6 Å². The van der Waals surface area contributed by atoms with Gasteiger partial charge in [0.25, 0.3) is 0 Å². The van der Waals surface area contributed by atoms with Crippen LogP contribution in [0.3, 0.4) is 0 Å². The molecule has 1 rings (SSSR count). The SMILES string of the molecule is Clc1cccc(Cl)c1NCCBr. The molecular weight excluding hydrogens is 261 g/mol. The van der Waals surface area contributed by atoms with Crippen molar-refractivity contribution in [3.8, 4) is 0 Å². The van der Waals surface area contributed by atoms with E-state index in [1.54, 1.807) is 0 Å². The zero-order chi connectivity index (χ0) is 8.97. The van der Waals surface area contributed by atoms with Crippen molar-refractivity contribution >= 4 is 44.8 Å². The number of alkyl halides is 1. The summed E-state index contributed by atoms with van der Waals surface area (Å²) in [6.45, 7) is 0.809. The zero-order valence-electron chi connectivity index (χ0n) is 6.28. The van der Waals surface area contributed by atoms with Crippen molar-refractivity contribution in [2.24, 2.45) is 0 Å². The molecule has 0 saturated carbocycles. The van der Waals surface area contributed by atoms with Gasteiger partial charge in [0.05, 0.1) is 15.7 Å². The van der Waals surface area contributed by atoms with Crippen LogP contribution >= 0.6 is 39.1 Å². The summed E-state index contributed by atoms with van der Waals surface area (Å²) in [5, 5.41) is 5.30. The average Bonchev–Trinajstić information content (AvgIpc) is 2.04. The Labute approximate surface area is 90.2 Å². The summed E-state index contributed by atoms with van der Waals surface area (Å²) in [6.07, 6.45) is 0. The number of nitrogens with one attached hydrogen (secondary N) is 1. The molecule has 0 radical (unpaired) electrons. The monoisotopic (exact) mass is 267 g/mol. The van der Waals surface area contributed by atoms with Gasteiger partial charge in [-0.05, 0) is 12.1 Å². The van der Waals surface area contributed by atoms with Crippen LogP contribution in [0, 0.1) is 0 Å². The highest BCUT2D eigenvalue weighted by molar-refractivity contribution is 9.09. The Morgan fingerprint density at radius 1 is 1.25 bits per heavy atom. The highest BCUT2D eigenvalue weighted by atomic mass is 79.9.